The van der Waals surface area contributed by atoms with Gasteiger partial charge in [0.05, 0.1) is 5.51 Å². The van der Waals surface area contributed by atoms with Crippen LogP contribution in [0, 0.1) is 6.92 Å². The van der Waals surface area contributed by atoms with Gasteiger partial charge < -0.3 is 9.47 Å². The number of benzene rings is 1. The molecule has 122 valence electrons. The van der Waals surface area contributed by atoms with Crippen LogP contribution >= 0.6 is 11.3 Å². The second-order valence-corrected chi connectivity index (χ2v) is 6.86. The highest BCUT2D eigenvalue weighted by molar-refractivity contribution is 7.09. The number of aryl methyl sites for hydroxylation is 1. The average Bonchev–Trinajstić information content (AvgIpc) is 2.85. The molecule has 0 radical (unpaired) electrons. The highest BCUT2D eigenvalue weighted by Gasteiger charge is 2.17. The molecule has 1 heterocycles. The van der Waals surface area contributed by atoms with E-state index in [0.29, 0.717) is 17.1 Å². The quantitative estimate of drug-likeness (QED) is 0.677. The summed E-state index contributed by atoms with van der Waals surface area (Å²) < 4.78 is 10.4. The van der Waals surface area contributed by atoms with E-state index in [1.165, 1.54) is 11.3 Å². The number of aromatic nitrogens is 1. The van der Waals surface area contributed by atoms with Crippen molar-refractivity contribution in [2.45, 2.75) is 33.3 Å². The van der Waals surface area contributed by atoms with E-state index in [1.54, 1.807) is 50.5 Å². The molecule has 0 bridgehead atoms. The van der Waals surface area contributed by atoms with Crippen molar-refractivity contribution in [2.75, 3.05) is 5.32 Å². The number of nitrogens with one attached hydrogen (secondary N) is 1. The fourth-order valence-electron chi connectivity index (χ4n) is 1.68. The molecule has 7 heteroatoms. The Hall–Kier alpha value is -2.41. The van der Waals surface area contributed by atoms with E-state index in [4.69, 9.17) is 9.47 Å². The van der Waals surface area contributed by atoms with Crippen molar-refractivity contribution >= 4 is 29.1 Å². The van der Waals surface area contributed by atoms with Crippen LogP contribution in [0.15, 0.2) is 29.8 Å². The van der Waals surface area contributed by atoms with Crippen molar-refractivity contribution in [2.24, 2.45) is 0 Å². The molecule has 0 spiro atoms. The van der Waals surface area contributed by atoms with Crippen molar-refractivity contribution in [1.29, 1.82) is 0 Å². The maximum Gasteiger partial charge on any atom is 0.412 e. The molecule has 1 aromatic carbocycles. The molecule has 0 aliphatic heterocycles. The van der Waals surface area contributed by atoms with Crippen LogP contribution in [0.25, 0.3) is 0 Å². The maximum absolute atomic E-state index is 11.9. The summed E-state index contributed by atoms with van der Waals surface area (Å²) in [7, 11) is 0. The summed E-state index contributed by atoms with van der Waals surface area (Å²) in [6.07, 6.45) is -0.541. The van der Waals surface area contributed by atoms with E-state index >= 15 is 0 Å². The van der Waals surface area contributed by atoms with Crippen molar-refractivity contribution < 1.29 is 19.1 Å². The largest absolute Gasteiger partial charge is 0.444 e. The Labute approximate surface area is 138 Å². The molecule has 1 N–H and O–H groups in total. The SMILES string of the molecule is Cc1scnc1C(=O)Oc1ccc(NC(=O)OC(C)(C)C)cc1. The Kier molecular flexibility index (Phi) is 5.00. The number of amides is 1. The fourth-order valence-corrected chi connectivity index (χ4v) is 2.25. The summed E-state index contributed by atoms with van der Waals surface area (Å²) in [5.41, 5.74) is 1.89. The number of anilines is 1. The van der Waals surface area contributed by atoms with Crippen molar-refractivity contribution in [3.05, 3.63) is 40.3 Å². The standard InChI is InChI=1S/C16H18N2O4S/c1-10-13(17-9-23-10)14(19)21-12-7-5-11(6-8-12)18-15(20)22-16(2,3)4/h5-9H,1-4H3,(H,18,20). The van der Waals surface area contributed by atoms with Crippen LogP contribution in [0.4, 0.5) is 10.5 Å². The smallest absolute Gasteiger partial charge is 0.412 e. The van der Waals surface area contributed by atoms with Crippen LogP contribution in [0.1, 0.15) is 36.1 Å². The van der Waals surface area contributed by atoms with Gasteiger partial charge in [-0.2, -0.15) is 0 Å². The molecular weight excluding hydrogens is 316 g/mol. The predicted octanol–water partition coefficient (Wildman–Crippen LogP) is 4.02. The van der Waals surface area contributed by atoms with Gasteiger partial charge >= 0.3 is 12.1 Å². The highest BCUT2D eigenvalue weighted by Crippen LogP contribution is 2.19. The molecule has 23 heavy (non-hydrogen) atoms. The Balaban J connectivity index is 1.96. The Morgan fingerprint density at radius 3 is 2.35 bits per heavy atom. The molecule has 1 amide bonds. The fraction of sp³-hybridized carbons (Fsp3) is 0.312. The molecule has 0 atom stereocenters. The summed E-state index contributed by atoms with van der Waals surface area (Å²) in [6, 6.07) is 6.43. The van der Waals surface area contributed by atoms with Crippen molar-refractivity contribution in [3.8, 4) is 5.75 Å². The first kappa shape index (κ1) is 17.0. The number of ether oxygens (including phenoxy) is 2. The molecule has 0 saturated carbocycles. The predicted molar refractivity (Wildman–Crippen MR) is 88.1 cm³/mol. The number of thiazole rings is 1. The first-order valence-corrected chi connectivity index (χ1v) is 7.85. The van der Waals surface area contributed by atoms with E-state index in [1.807, 2.05) is 6.92 Å². The highest BCUT2D eigenvalue weighted by atomic mass is 32.1. The Morgan fingerprint density at radius 1 is 1.17 bits per heavy atom. The van der Waals surface area contributed by atoms with Crippen LogP contribution in [0.5, 0.6) is 5.75 Å². The first-order chi connectivity index (χ1) is 10.7. The third-order valence-electron chi connectivity index (χ3n) is 2.65. The number of carbonyl (C=O) groups excluding carboxylic acids is 2. The zero-order chi connectivity index (χ0) is 17.0. The van der Waals surface area contributed by atoms with Crippen molar-refractivity contribution in [1.82, 2.24) is 4.98 Å². The lowest BCUT2D eigenvalue weighted by Gasteiger charge is -2.19. The van der Waals surface area contributed by atoms with Crippen LogP contribution in [0.3, 0.4) is 0 Å². The molecule has 2 aromatic rings. The Bertz CT molecular complexity index is 702. The summed E-state index contributed by atoms with van der Waals surface area (Å²) >= 11 is 1.38. The van der Waals surface area contributed by atoms with Crippen LogP contribution < -0.4 is 10.1 Å². The van der Waals surface area contributed by atoms with Gasteiger partial charge in [-0.25, -0.2) is 14.6 Å². The third kappa shape index (κ3) is 5.07. The minimum Gasteiger partial charge on any atom is -0.444 e. The number of nitrogens with zero attached hydrogens (tertiary/aromatic N) is 1. The van der Waals surface area contributed by atoms with Gasteiger partial charge in [-0.15, -0.1) is 11.3 Å². The lowest BCUT2D eigenvalue weighted by molar-refractivity contribution is 0.0634. The molecule has 6 nitrogen and oxygen atoms in total. The zero-order valence-electron chi connectivity index (χ0n) is 13.4. The summed E-state index contributed by atoms with van der Waals surface area (Å²) in [5.74, 6) is -0.131. The van der Waals surface area contributed by atoms with Crippen LogP contribution in [0.2, 0.25) is 0 Å². The summed E-state index contributed by atoms with van der Waals surface area (Å²) in [5, 5.41) is 2.60. The molecule has 0 aliphatic rings. The first-order valence-electron chi connectivity index (χ1n) is 6.97. The average molecular weight is 334 g/mol. The van der Waals surface area contributed by atoms with E-state index in [2.05, 4.69) is 10.3 Å². The van der Waals surface area contributed by atoms with E-state index in [9.17, 15) is 9.59 Å². The molecule has 0 saturated heterocycles. The molecule has 1 aromatic heterocycles. The normalized spacial score (nSPS) is 11.0. The van der Waals surface area contributed by atoms with E-state index < -0.39 is 17.7 Å². The van der Waals surface area contributed by atoms with Crippen LogP contribution in [-0.2, 0) is 4.74 Å². The lowest BCUT2D eigenvalue weighted by Crippen LogP contribution is -2.27. The molecule has 0 aliphatic carbocycles. The Morgan fingerprint density at radius 2 is 1.83 bits per heavy atom. The topological polar surface area (TPSA) is 77.5 Å². The molecule has 0 unspecified atom stereocenters. The van der Waals surface area contributed by atoms with Crippen LogP contribution in [-0.4, -0.2) is 22.6 Å². The van der Waals surface area contributed by atoms with E-state index in [-0.39, 0.29) is 0 Å². The van der Waals surface area contributed by atoms with Gasteiger partial charge in [-0.05, 0) is 52.0 Å². The van der Waals surface area contributed by atoms with Gasteiger partial charge in [-0.1, -0.05) is 0 Å². The van der Waals surface area contributed by atoms with Gasteiger partial charge in [0.1, 0.15) is 11.4 Å². The van der Waals surface area contributed by atoms with Crippen molar-refractivity contribution in [3.63, 3.8) is 0 Å². The molecule has 0 fully saturated rings. The van der Waals surface area contributed by atoms with Gasteiger partial charge in [-0.3, -0.25) is 5.32 Å². The second kappa shape index (κ2) is 6.78. The lowest BCUT2D eigenvalue weighted by atomic mass is 10.2. The number of hydrogen-bond donors (Lipinski definition) is 1. The summed E-state index contributed by atoms with van der Waals surface area (Å²) in [4.78, 5) is 28.4. The van der Waals surface area contributed by atoms with Gasteiger partial charge in [0.15, 0.2) is 5.69 Å². The zero-order valence-corrected chi connectivity index (χ0v) is 14.2. The molecular formula is C16H18N2O4S. The van der Waals surface area contributed by atoms with Gasteiger partial charge in [0, 0.05) is 10.6 Å². The third-order valence-corrected chi connectivity index (χ3v) is 3.41. The van der Waals surface area contributed by atoms with Gasteiger partial charge in [0.2, 0.25) is 0 Å². The number of rotatable bonds is 3. The van der Waals surface area contributed by atoms with Gasteiger partial charge in [0.25, 0.3) is 0 Å². The number of carbonyl (C=O) groups is 2. The van der Waals surface area contributed by atoms with E-state index in [0.717, 1.165) is 4.88 Å². The minimum atomic E-state index is -0.565. The monoisotopic (exact) mass is 334 g/mol. The minimum absolute atomic E-state index is 0.311. The number of esters is 1. The summed E-state index contributed by atoms with van der Waals surface area (Å²) in [6.45, 7) is 7.17. The second-order valence-electron chi connectivity index (χ2n) is 5.80. The molecule has 2 rings (SSSR count). The number of hydrogen-bond acceptors (Lipinski definition) is 6. The maximum atomic E-state index is 11.9.